The first-order valence-electron chi connectivity index (χ1n) is 9.88. The highest BCUT2D eigenvalue weighted by atomic mass is 35.5. The van der Waals surface area contributed by atoms with Crippen LogP contribution in [0.15, 0.2) is 84.9 Å². The van der Waals surface area contributed by atoms with E-state index in [4.69, 9.17) is 23.2 Å². The number of rotatable bonds is 6. The minimum atomic E-state index is 0.238. The van der Waals surface area contributed by atoms with Crippen LogP contribution in [-0.4, -0.2) is 29.1 Å². The average Bonchev–Trinajstić information content (AvgIpc) is 3.11. The normalized spacial score (nSPS) is 16.1. The molecule has 0 atom stereocenters. The van der Waals surface area contributed by atoms with Gasteiger partial charge >= 0.3 is 0 Å². The molecule has 1 aliphatic heterocycles. The van der Waals surface area contributed by atoms with Crippen molar-refractivity contribution in [2.45, 2.75) is 19.3 Å². The van der Waals surface area contributed by atoms with Gasteiger partial charge in [0.2, 0.25) is 0 Å². The van der Waals surface area contributed by atoms with E-state index in [-0.39, 0.29) is 6.17 Å². The molecule has 0 unspecified atom stereocenters. The third-order valence-corrected chi connectivity index (χ3v) is 5.78. The molecule has 0 bridgehead atoms. The number of nitrogens with zero attached hydrogens (tertiary/aromatic N) is 2. The Morgan fingerprint density at radius 1 is 0.690 bits per heavy atom. The zero-order chi connectivity index (χ0) is 20.1. The predicted molar refractivity (Wildman–Crippen MR) is 123 cm³/mol. The van der Waals surface area contributed by atoms with Crippen molar-refractivity contribution < 1.29 is 0 Å². The Hall–Kier alpha value is -2.10. The topological polar surface area (TPSA) is 6.48 Å². The molecule has 3 aromatic carbocycles. The van der Waals surface area contributed by atoms with E-state index in [0.717, 1.165) is 36.2 Å². The minimum Gasteiger partial charge on any atom is -0.279 e. The van der Waals surface area contributed by atoms with E-state index < -0.39 is 0 Å². The molecule has 1 heterocycles. The third kappa shape index (κ3) is 5.49. The lowest BCUT2D eigenvalue weighted by Gasteiger charge is -2.28. The predicted octanol–water partition coefficient (Wildman–Crippen LogP) is 6.35. The largest absolute Gasteiger partial charge is 0.279 e. The van der Waals surface area contributed by atoms with Crippen molar-refractivity contribution in [3.63, 3.8) is 0 Å². The van der Waals surface area contributed by atoms with Crippen molar-refractivity contribution in [2.24, 2.45) is 0 Å². The lowest BCUT2D eigenvalue weighted by Crippen LogP contribution is -2.36. The summed E-state index contributed by atoms with van der Waals surface area (Å²) in [6.07, 6.45) is 4.77. The molecule has 0 radical (unpaired) electrons. The Bertz CT molecular complexity index is 881. The Kier molecular flexibility index (Phi) is 6.68. The average molecular weight is 423 g/mol. The molecule has 3 aromatic rings. The van der Waals surface area contributed by atoms with Crippen molar-refractivity contribution in [3.8, 4) is 0 Å². The van der Waals surface area contributed by atoms with Crippen molar-refractivity contribution in [1.29, 1.82) is 0 Å². The summed E-state index contributed by atoms with van der Waals surface area (Å²) in [5, 5.41) is 1.56. The van der Waals surface area contributed by atoms with Crippen molar-refractivity contribution in [1.82, 2.24) is 9.80 Å². The van der Waals surface area contributed by atoms with Gasteiger partial charge in [-0.1, -0.05) is 90.0 Å². The van der Waals surface area contributed by atoms with Gasteiger partial charge in [0.25, 0.3) is 0 Å². The fraction of sp³-hybridized carbons (Fsp3) is 0.200. The van der Waals surface area contributed by atoms with E-state index in [0.29, 0.717) is 0 Å². The minimum absolute atomic E-state index is 0.238. The van der Waals surface area contributed by atoms with E-state index in [2.05, 4.69) is 70.5 Å². The second-order valence-corrected chi connectivity index (χ2v) is 8.25. The van der Waals surface area contributed by atoms with Crippen LogP contribution in [-0.2, 0) is 13.1 Å². The molecule has 0 aliphatic carbocycles. The number of hydrogen-bond acceptors (Lipinski definition) is 2. The van der Waals surface area contributed by atoms with Gasteiger partial charge in [-0.25, -0.2) is 0 Å². The molecule has 0 amide bonds. The maximum Gasteiger partial charge on any atom is 0.0824 e. The summed E-state index contributed by atoms with van der Waals surface area (Å²) in [6.45, 7) is 3.86. The monoisotopic (exact) mass is 422 g/mol. The molecule has 1 fully saturated rings. The molecule has 0 spiro atoms. The number of halogens is 2. The van der Waals surface area contributed by atoms with Gasteiger partial charge < -0.3 is 0 Å². The van der Waals surface area contributed by atoms with E-state index in [1.54, 1.807) is 0 Å². The summed E-state index contributed by atoms with van der Waals surface area (Å²) >= 11 is 12.1. The highest BCUT2D eigenvalue weighted by molar-refractivity contribution is 6.30. The Morgan fingerprint density at radius 3 is 1.66 bits per heavy atom. The molecule has 148 valence electrons. The highest BCUT2D eigenvalue weighted by Gasteiger charge is 2.29. The quantitative estimate of drug-likeness (QED) is 0.456. The summed E-state index contributed by atoms with van der Waals surface area (Å²) < 4.78 is 0. The summed E-state index contributed by atoms with van der Waals surface area (Å²) in [5.41, 5.74) is 3.78. The van der Waals surface area contributed by atoms with Crippen LogP contribution in [0.1, 0.15) is 16.7 Å². The summed E-state index contributed by atoms with van der Waals surface area (Å²) in [7, 11) is 0. The molecule has 2 nitrogen and oxygen atoms in total. The van der Waals surface area contributed by atoms with Crippen molar-refractivity contribution >= 4 is 29.3 Å². The number of hydrogen-bond donors (Lipinski definition) is 0. The first-order valence-corrected chi connectivity index (χ1v) is 10.6. The molecule has 4 rings (SSSR count). The first kappa shape index (κ1) is 20.2. The zero-order valence-corrected chi connectivity index (χ0v) is 17.7. The molecule has 0 aromatic heterocycles. The standard InChI is InChI=1S/C25H24Cl2N2/c26-23-11-6-21(7-12-23)18-28-16-17-29(19-22-8-13-24(27)14-9-22)25(28)15-10-20-4-2-1-3-5-20/h1-15,25H,16-19H2/b15-10+. The molecule has 1 aliphatic rings. The van der Waals surface area contributed by atoms with Gasteiger partial charge in [0.1, 0.15) is 0 Å². The zero-order valence-electron chi connectivity index (χ0n) is 16.2. The fourth-order valence-electron chi connectivity index (χ4n) is 3.75. The van der Waals surface area contributed by atoms with Gasteiger partial charge in [0.05, 0.1) is 6.17 Å². The smallest absolute Gasteiger partial charge is 0.0824 e. The van der Waals surface area contributed by atoms with Gasteiger partial charge in [-0.3, -0.25) is 9.80 Å². The maximum atomic E-state index is 6.06. The van der Waals surface area contributed by atoms with Gasteiger partial charge in [0.15, 0.2) is 0 Å². The summed E-state index contributed by atoms with van der Waals surface area (Å²) in [6, 6.07) is 26.8. The van der Waals surface area contributed by atoms with Crippen LogP contribution in [0.2, 0.25) is 10.0 Å². The molecule has 0 saturated carbocycles. The Labute approximate surface area is 183 Å². The molecule has 29 heavy (non-hydrogen) atoms. The summed E-state index contributed by atoms with van der Waals surface area (Å²) in [5.74, 6) is 0. The molecular formula is C25H24Cl2N2. The first-order chi connectivity index (χ1) is 14.2. The van der Waals surface area contributed by atoms with E-state index >= 15 is 0 Å². The SMILES string of the molecule is Clc1ccc(CN2CCN(Cc3ccc(Cl)cc3)C2/C=C/c2ccccc2)cc1. The van der Waals surface area contributed by atoms with E-state index in [1.165, 1.54) is 16.7 Å². The van der Waals surface area contributed by atoms with E-state index in [1.807, 2.05) is 30.3 Å². The van der Waals surface area contributed by atoms with Crippen LogP contribution >= 0.6 is 23.2 Å². The van der Waals surface area contributed by atoms with Crippen molar-refractivity contribution in [2.75, 3.05) is 13.1 Å². The van der Waals surface area contributed by atoms with Crippen LogP contribution in [0.5, 0.6) is 0 Å². The van der Waals surface area contributed by atoms with Crippen LogP contribution in [0.4, 0.5) is 0 Å². The van der Waals surface area contributed by atoms with Crippen LogP contribution in [0, 0.1) is 0 Å². The van der Waals surface area contributed by atoms with Gasteiger partial charge in [-0.15, -0.1) is 0 Å². The van der Waals surface area contributed by atoms with E-state index in [9.17, 15) is 0 Å². The molecule has 0 N–H and O–H groups in total. The van der Waals surface area contributed by atoms with Crippen LogP contribution in [0.25, 0.3) is 6.08 Å². The third-order valence-electron chi connectivity index (χ3n) is 5.28. The number of benzene rings is 3. The van der Waals surface area contributed by atoms with Gasteiger partial charge in [0, 0.05) is 36.2 Å². The maximum absolute atomic E-state index is 6.06. The lowest BCUT2D eigenvalue weighted by molar-refractivity contribution is 0.168. The van der Waals surface area contributed by atoms with Gasteiger partial charge in [-0.05, 0) is 41.0 Å². The second kappa shape index (κ2) is 9.60. The van der Waals surface area contributed by atoms with Crippen LogP contribution < -0.4 is 0 Å². The van der Waals surface area contributed by atoms with Gasteiger partial charge in [-0.2, -0.15) is 0 Å². The van der Waals surface area contributed by atoms with Crippen LogP contribution in [0.3, 0.4) is 0 Å². The Morgan fingerprint density at radius 2 is 1.17 bits per heavy atom. The Balaban J connectivity index is 1.54. The highest BCUT2D eigenvalue weighted by Crippen LogP contribution is 2.23. The molecule has 4 heteroatoms. The fourth-order valence-corrected chi connectivity index (χ4v) is 4.00. The molecule has 1 saturated heterocycles. The van der Waals surface area contributed by atoms with Crippen molar-refractivity contribution in [3.05, 3.63) is 112 Å². The molecular weight excluding hydrogens is 399 g/mol. The summed E-state index contributed by atoms with van der Waals surface area (Å²) in [4.78, 5) is 5.02. The lowest BCUT2D eigenvalue weighted by atomic mass is 10.1. The second-order valence-electron chi connectivity index (χ2n) is 7.38.